The molecule has 2 N–H and O–H groups in total. The highest BCUT2D eigenvalue weighted by Gasteiger charge is 2.45. The lowest BCUT2D eigenvalue weighted by Crippen LogP contribution is -2.49. The van der Waals surface area contributed by atoms with Crippen molar-refractivity contribution >= 4 is 62.4 Å². The maximum Gasteiger partial charge on any atom is 0.269 e. The lowest BCUT2D eigenvalue weighted by atomic mass is 10.1. The van der Waals surface area contributed by atoms with Crippen molar-refractivity contribution in [3.63, 3.8) is 0 Å². The first-order valence-electron chi connectivity index (χ1n) is 11.8. The zero-order chi connectivity index (χ0) is 27.2. The number of thiocarbonyl (C=S) groups is 1. The van der Waals surface area contributed by atoms with Gasteiger partial charge in [-0.15, -0.1) is 0 Å². The molecule has 1 aliphatic heterocycles. The van der Waals surface area contributed by atoms with Gasteiger partial charge < -0.3 is 10.1 Å². The molecule has 0 aromatic heterocycles. The second-order valence-corrected chi connectivity index (χ2v) is 9.67. The van der Waals surface area contributed by atoms with Crippen molar-refractivity contribution in [2.45, 2.75) is 25.8 Å². The molecule has 0 saturated carbocycles. The van der Waals surface area contributed by atoms with Crippen LogP contribution in [-0.4, -0.2) is 40.5 Å². The van der Waals surface area contributed by atoms with Crippen molar-refractivity contribution in [3.8, 4) is 5.75 Å². The summed E-state index contributed by atoms with van der Waals surface area (Å²) in [7, 11) is 0. The van der Waals surface area contributed by atoms with Gasteiger partial charge in [0.1, 0.15) is 17.6 Å². The predicted molar refractivity (Wildman–Crippen MR) is 149 cm³/mol. The van der Waals surface area contributed by atoms with E-state index in [0.717, 1.165) is 10.9 Å². The molecule has 196 valence electrons. The van der Waals surface area contributed by atoms with Crippen molar-refractivity contribution in [2.75, 3.05) is 16.8 Å². The highest BCUT2D eigenvalue weighted by atomic mass is 79.9. The van der Waals surface area contributed by atoms with Crippen molar-refractivity contribution in [1.82, 2.24) is 10.4 Å². The van der Waals surface area contributed by atoms with Gasteiger partial charge >= 0.3 is 0 Å². The Balaban J connectivity index is 1.54. The van der Waals surface area contributed by atoms with E-state index in [0.29, 0.717) is 29.3 Å². The zero-order valence-electron chi connectivity index (χ0n) is 20.3. The van der Waals surface area contributed by atoms with Crippen LogP contribution in [-0.2, 0) is 9.59 Å². The second kappa shape index (κ2) is 12.1. The lowest BCUT2D eigenvalue weighted by molar-refractivity contribution is -0.124. The van der Waals surface area contributed by atoms with Crippen LogP contribution in [0, 0.1) is 5.82 Å². The molecule has 0 bridgehead atoms. The normalized spacial score (nSPS) is 15.0. The number of benzene rings is 3. The van der Waals surface area contributed by atoms with Gasteiger partial charge in [-0.25, -0.2) is 9.40 Å². The average Bonchev–Trinajstić information content (AvgIpc) is 3.13. The van der Waals surface area contributed by atoms with Crippen molar-refractivity contribution in [3.05, 3.63) is 88.6 Å². The first-order valence-corrected chi connectivity index (χ1v) is 13.0. The molecule has 0 radical (unpaired) electrons. The highest BCUT2D eigenvalue weighted by Crippen LogP contribution is 2.27. The Morgan fingerprint density at radius 2 is 1.68 bits per heavy atom. The Labute approximate surface area is 232 Å². The highest BCUT2D eigenvalue weighted by molar-refractivity contribution is 9.10. The van der Waals surface area contributed by atoms with Gasteiger partial charge in [0.2, 0.25) is 11.0 Å². The molecule has 4 rings (SSSR count). The van der Waals surface area contributed by atoms with E-state index in [1.807, 2.05) is 6.92 Å². The Hall–Kier alpha value is -3.83. The molecule has 1 saturated heterocycles. The summed E-state index contributed by atoms with van der Waals surface area (Å²) in [6, 6.07) is 17.6. The van der Waals surface area contributed by atoms with E-state index in [1.54, 1.807) is 48.5 Å². The molecule has 3 amide bonds. The maximum absolute atomic E-state index is 13.5. The van der Waals surface area contributed by atoms with Gasteiger partial charge in [-0.1, -0.05) is 22.9 Å². The average molecular weight is 599 g/mol. The summed E-state index contributed by atoms with van der Waals surface area (Å²) < 4.78 is 19.9. The zero-order valence-corrected chi connectivity index (χ0v) is 22.7. The van der Waals surface area contributed by atoms with Crippen LogP contribution >= 0.6 is 28.1 Å². The van der Waals surface area contributed by atoms with E-state index in [2.05, 4.69) is 26.7 Å². The molecule has 0 spiro atoms. The number of hydrogen-bond donors (Lipinski definition) is 2. The number of nitrogens with one attached hydrogen (secondary N) is 2. The fourth-order valence-electron chi connectivity index (χ4n) is 3.74. The topological polar surface area (TPSA) is 91.0 Å². The van der Waals surface area contributed by atoms with Crippen LogP contribution in [0.3, 0.4) is 0 Å². The van der Waals surface area contributed by atoms with Crippen LogP contribution < -0.4 is 20.4 Å². The molecule has 1 aliphatic rings. The van der Waals surface area contributed by atoms with Crippen molar-refractivity contribution in [2.24, 2.45) is 0 Å². The molecule has 11 heteroatoms. The summed E-state index contributed by atoms with van der Waals surface area (Å²) in [6.07, 6.45) is 0.574. The minimum absolute atomic E-state index is 0.0395. The molecule has 1 atom stereocenters. The van der Waals surface area contributed by atoms with Gasteiger partial charge in [0, 0.05) is 15.7 Å². The number of ether oxygens (including phenoxy) is 1. The summed E-state index contributed by atoms with van der Waals surface area (Å²) in [5.41, 5.74) is 3.82. The minimum Gasteiger partial charge on any atom is -0.494 e. The second-order valence-electron chi connectivity index (χ2n) is 8.39. The van der Waals surface area contributed by atoms with Crippen molar-refractivity contribution < 1.29 is 23.5 Å². The van der Waals surface area contributed by atoms with Crippen LogP contribution in [0.5, 0.6) is 5.75 Å². The number of amides is 3. The molecule has 0 aliphatic carbocycles. The molecule has 8 nitrogen and oxygen atoms in total. The molecular formula is C27H24BrFN4O4S. The summed E-state index contributed by atoms with van der Waals surface area (Å²) in [6.45, 7) is 2.59. The minimum atomic E-state index is -1.13. The SMILES string of the molecule is CCCOc1ccc(NC(=O)CC2C(=O)N(c3ccc(F)cc3)C(=S)N2NC(=O)c2ccc(Br)cc2)cc1. The molecular weight excluding hydrogens is 575 g/mol. The number of anilines is 2. The Morgan fingerprint density at radius 3 is 2.32 bits per heavy atom. The van der Waals surface area contributed by atoms with E-state index >= 15 is 0 Å². The molecule has 1 heterocycles. The van der Waals surface area contributed by atoms with Crippen LogP contribution in [0.15, 0.2) is 77.3 Å². The van der Waals surface area contributed by atoms with Crippen LogP contribution in [0.2, 0.25) is 0 Å². The quantitative estimate of drug-likeness (QED) is 0.335. The summed E-state index contributed by atoms with van der Waals surface area (Å²) in [5, 5.41) is 3.92. The number of nitrogens with zero attached hydrogens (tertiary/aromatic N) is 2. The van der Waals surface area contributed by atoms with Crippen molar-refractivity contribution in [1.29, 1.82) is 0 Å². The van der Waals surface area contributed by atoms with E-state index in [-0.39, 0.29) is 11.5 Å². The van der Waals surface area contributed by atoms with E-state index in [1.165, 1.54) is 34.2 Å². The summed E-state index contributed by atoms with van der Waals surface area (Å²) in [4.78, 5) is 40.5. The number of carbonyl (C=O) groups excluding carboxylic acids is 3. The van der Waals surface area contributed by atoms with Gasteiger partial charge in [-0.3, -0.25) is 24.7 Å². The first kappa shape index (κ1) is 27.2. The summed E-state index contributed by atoms with van der Waals surface area (Å²) >= 11 is 8.85. The van der Waals surface area contributed by atoms with Gasteiger partial charge in [-0.2, -0.15) is 0 Å². The fraction of sp³-hybridized carbons (Fsp3) is 0.185. The number of rotatable bonds is 9. The standard InChI is InChI=1S/C27H24BrFN4O4S/c1-2-15-37-22-13-9-20(10-14-22)30-24(34)16-23-26(36)32(21-11-7-19(29)8-12-21)27(38)33(23)31-25(35)17-3-5-18(28)6-4-17/h3-14,23H,2,15-16H2,1H3,(H,30,34)(H,31,35). The predicted octanol–water partition coefficient (Wildman–Crippen LogP) is 5.05. The first-order chi connectivity index (χ1) is 18.3. The van der Waals surface area contributed by atoms with Gasteiger partial charge in [0.15, 0.2) is 0 Å². The van der Waals surface area contributed by atoms with Gasteiger partial charge in [-0.05, 0) is 91.4 Å². The maximum atomic E-state index is 13.5. The Bertz CT molecular complexity index is 1340. The third kappa shape index (κ3) is 6.35. The van der Waals surface area contributed by atoms with Gasteiger partial charge in [0.05, 0.1) is 18.7 Å². The Morgan fingerprint density at radius 1 is 1.03 bits per heavy atom. The molecule has 38 heavy (non-hydrogen) atoms. The molecule has 1 unspecified atom stereocenters. The third-order valence-electron chi connectivity index (χ3n) is 5.62. The van der Waals surface area contributed by atoms with E-state index in [4.69, 9.17) is 17.0 Å². The van der Waals surface area contributed by atoms with Crippen LogP contribution in [0.4, 0.5) is 15.8 Å². The van der Waals surface area contributed by atoms with Crippen LogP contribution in [0.25, 0.3) is 0 Å². The summed E-state index contributed by atoms with van der Waals surface area (Å²) in [5.74, 6) is -1.30. The molecule has 3 aromatic rings. The van der Waals surface area contributed by atoms with Gasteiger partial charge in [0.25, 0.3) is 11.8 Å². The van der Waals surface area contributed by atoms with E-state index < -0.39 is 29.6 Å². The molecule has 3 aromatic carbocycles. The Kier molecular flexibility index (Phi) is 8.70. The third-order valence-corrected chi connectivity index (χ3v) is 6.53. The number of halogens is 2. The van der Waals surface area contributed by atoms with Crippen LogP contribution in [0.1, 0.15) is 30.1 Å². The van der Waals surface area contributed by atoms with E-state index in [9.17, 15) is 18.8 Å². The molecule has 1 fully saturated rings. The smallest absolute Gasteiger partial charge is 0.269 e. The fourth-order valence-corrected chi connectivity index (χ4v) is 4.38. The monoisotopic (exact) mass is 598 g/mol. The number of hydrogen-bond acceptors (Lipinski definition) is 5. The largest absolute Gasteiger partial charge is 0.494 e. The lowest BCUT2D eigenvalue weighted by Gasteiger charge is -2.24. The number of carbonyl (C=O) groups is 3. The number of hydrazine groups is 1.